The number of aromatic nitrogens is 5. The summed E-state index contributed by atoms with van der Waals surface area (Å²) < 4.78 is 31.3. The molecule has 0 aliphatic carbocycles. The van der Waals surface area contributed by atoms with Crippen LogP contribution in [0.2, 0.25) is 5.15 Å². The molecule has 3 aromatic heterocycles. The maximum Gasteiger partial charge on any atom is 0.260 e. The van der Waals surface area contributed by atoms with Crippen LogP contribution in [0.5, 0.6) is 0 Å². The summed E-state index contributed by atoms with van der Waals surface area (Å²) in [4.78, 5) is 4.57. The number of hydrogen-bond acceptors (Lipinski definition) is 6. The highest BCUT2D eigenvalue weighted by atomic mass is 35.5. The lowest BCUT2D eigenvalue weighted by molar-refractivity contribution is 0.513. The van der Waals surface area contributed by atoms with Crippen LogP contribution in [-0.2, 0) is 10.0 Å². The van der Waals surface area contributed by atoms with E-state index in [4.69, 9.17) is 11.6 Å². The molecule has 1 unspecified atom stereocenters. The van der Waals surface area contributed by atoms with Crippen LogP contribution in [0, 0.1) is 0 Å². The molecule has 0 fully saturated rings. The first-order chi connectivity index (χ1) is 10.8. The zero-order valence-corrected chi connectivity index (χ0v) is 15.0. The second-order valence-electron chi connectivity index (χ2n) is 5.30. The molecular formula is C12H15ClN6O2S2. The van der Waals surface area contributed by atoms with Crippen molar-refractivity contribution in [3.63, 3.8) is 0 Å². The number of thiazole rings is 1. The molecular weight excluding hydrogens is 360 g/mol. The van der Waals surface area contributed by atoms with E-state index < -0.39 is 16.1 Å². The molecule has 8 nitrogen and oxygen atoms in total. The zero-order chi connectivity index (χ0) is 16.8. The molecule has 0 amide bonds. The van der Waals surface area contributed by atoms with E-state index in [9.17, 15) is 8.42 Å². The molecule has 124 valence electrons. The third kappa shape index (κ3) is 2.87. The van der Waals surface area contributed by atoms with Crippen molar-refractivity contribution in [2.75, 3.05) is 0 Å². The molecule has 3 aromatic rings. The molecule has 0 aromatic carbocycles. The van der Waals surface area contributed by atoms with Gasteiger partial charge < -0.3 is 4.57 Å². The Morgan fingerprint density at radius 2 is 2.09 bits per heavy atom. The van der Waals surface area contributed by atoms with Crippen molar-refractivity contribution in [2.24, 2.45) is 0 Å². The second-order valence-corrected chi connectivity index (χ2v) is 8.16. The van der Waals surface area contributed by atoms with E-state index in [0.29, 0.717) is 10.8 Å². The number of nitrogens with one attached hydrogen (secondary N) is 1. The van der Waals surface area contributed by atoms with Crippen molar-refractivity contribution >= 4 is 37.9 Å². The molecule has 0 aliphatic heterocycles. The first kappa shape index (κ1) is 16.4. The van der Waals surface area contributed by atoms with Crippen LogP contribution in [0.1, 0.15) is 38.7 Å². The average molecular weight is 375 g/mol. The lowest BCUT2D eigenvalue weighted by atomic mass is 10.3. The number of imidazole rings is 1. The first-order valence-corrected chi connectivity index (χ1v) is 9.58. The molecule has 0 saturated carbocycles. The van der Waals surface area contributed by atoms with Crippen LogP contribution < -0.4 is 4.72 Å². The van der Waals surface area contributed by atoms with E-state index >= 15 is 0 Å². The van der Waals surface area contributed by atoms with Crippen LogP contribution in [0.4, 0.5) is 0 Å². The van der Waals surface area contributed by atoms with Crippen molar-refractivity contribution < 1.29 is 8.42 Å². The van der Waals surface area contributed by atoms with E-state index in [1.807, 2.05) is 18.4 Å². The molecule has 3 heterocycles. The summed E-state index contributed by atoms with van der Waals surface area (Å²) in [6.07, 6.45) is 3.20. The monoisotopic (exact) mass is 374 g/mol. The quantitative estimate of drug-likeness (QED) is 0.739. The Morgan fingerprint density at radius 3 is 2.78 bits per heavy atom. The lowest BCUT2D eigenvalue weighted by Gasteiger charge is -2.16. The van der Waals surface area contributed by atoms with Crippen LogP contribution in [0.25, 0.3) is 4.96 Å². The van der Waals surface area contributed by atoms with Crippen molar-refractivity contribution in [3.8, 4) is 0 Å². The van der Waals surface area contributed by atoms with Crippen LogP contribution >= 0.6 is 22.9 Å². The first-order valence-electron chi connectivity index (χ1n) is 6.84. The third-order valence-electron chi connectivity index (χ3n) is 3.31. The molecule has 23 heavy (non-hydrogen) atoms. The molecule has 1 N–H and O–H groups in total. The Kier molecular flexibility index (Phi) is 4.17. The Balaban J connectivity index is 1.96. The summed E-state index contributed by atoms with van der Waals surface area (Å²) in [5, 5.41) is 9.48. The van der Waals surface area contributed by atoms with Crippen LogP contribution in [0.15, 0.2) is 22.9 Å². The predicted molar refractivity (Wildman–Crippen MR) is 87.2 cm³/mol. The maximum atomic E-state index is 12.7. The SMILES string of the molecule is CC(NS(=O)(=O)c1c(Cl)nc2sccn12)c1nncn1C(C)C. The zero-order valence-electron chi connectivity index (χ0n) is 12.6. The molecule has 1 atom stereocenters. The number of nitrogens with zero attached hydrogens (tertiary/aromatic N) is 5. The predicted octanol–water partition coefficient (Wildman–Crippen LogP) is 2.26. The highest BCUT2D eigenvalue weighted by molar-refractivity contribution is 7.89. The standard InChI is InChI=1S/C12H15ClN6O2S2/c1-7(2)19-6-14-16-10(19)8(3)17-23(20,21)11-9(13)15-12-18(11)4-5-22-12/h4-8,17H,1-3H3. The summed E-state index contributed by atoms with van der Waals surface area (Å²) in [7, 11) is -3.87. The highest BCUT2D eigenvalue weighted by Gasteiger charge is 2.28. The fourth-order valence-electron chi connectivity index (χ4n) is 2.28. The van der Waals surface area contributed by atoms with Gasteiger partial charge in [-0.1, -0.05) is 11.6 Å². The van der Waals surface area contributed by atoms with Gasteiger partial charge in [-0.2, -0.15) is 4.72 Å². The van der Waals surface area contributed by atoms with Crippen molar-refractivity contribution in [1.82, 2.24) is 28.9 Å². The highest BCUT2D eigenvalue weighted by Crippen LogP contribution is 2.26. The van der Waals surface area contributed by atoms with Crippen LogP contribution in [-0.4, -0.2) is 32.6 Å². The average Bonchev–Trinajstić information content (AvgIpc) is 3.10. The molecule has 3 rings (SSSR count). The number of halogens is 1. The summed E-state index contributed by atoms with van der Waals surface area (Å²) in [5.41, 5.74) is 0. The normalized spacial score (nSPS) is 14.0. The number of rotatable bonds is 5. The van der Waals surface area contributed by atoms with E-state index in [1.165, 1.54) is 15.7 Å². The van der Waals surface area contributed by atoms with Gasteiger partial charge in [-0.15, -0.1) is 21.5 Å². The van der Waals surface area contributed by atoms with Gasteiger partial charge in [-0.3, -0.25) is 4.40 Å². The fourth-order valence-corrected chi connectivity index (χ4v) is 4.93. The summed E-state index contributed by atoms with van der Waals surface area (Å²) in [5.74, 6) is 0.533. The lowest BCUT2D eigenvalue weighted by Crippen LogP contribution is -2.30. The third-order valence-corrected chi connectivity index (χ3v) is 6.00. The van der Waals surface area contributed by atoms with Gasteiger partial charge in [-0.25, -0.2) is 13.4 Å². The van der Waals surface area contributed by atoms with E-state index in [1.54, 1.807) is 24.8 Å². The minimum Gasteiger partial charge on any atom is -0.314 e. The molecule has 0 radical (unpaired) electrons. The van der Waals surface area contributed by atoms with Gasteiger partial charge in [0.05, 0.1) is 6.04 Å². The van der Waals surface area contributed by atoms with Gasteiger partial charge in [0.1, 0.15) is 6.33 Å². The Bertz CT molecular complexity index is 942. The van der Waals surface area contributed by atoms with E-state index in [-0.39, 0.29) is 16.2 Å². The van der Waals surface area contributed by atoms with Gasteiger partial charge in [0.25, 0.3) is 10.0 Å². The Morgan fingerprint density at radius 1 is 1.35 bits per heavy atom. The molecule has 0 spiro atoms. The summed E-state index contributed by atoms with van der Waals surface area (Å²) >= 11 is 7.32. The van der Waals surface area contributed by atoms with E-state index in [2.05, 4.69) is 19.9 Å². The second kappa shape index (κ2) is 5.86. The van der Waals surface area contributed by atoms with Gasteiger partial charge >= 0.3 is 0 Å². The smallest absolute Gasteiger partial charge is 0.260 e. The minimum atomic E-state index is -3.87. The molecule has 11 heteroatoms. The topological polar surface area (TPSA) is 94.2 Å². The van der Waals surface area contributed by atoms with Crippen molar-refractivity contribution in [2.45, 2.75) is 37.9 Å². The Hall–Kier alpha value is -1.49. The number of sulfonamides is 1. The molecule has 0 bridgehead atoms. The van der Waals surface area contributed by atoms with Gasteiger partial charge in [-0.05, 0) is 20.8 Å². The van der Waals surface area contributed by atoms with E-state index in [0.717, 1.165) is 0 Å². The van der Waals surface area contributed by atoms with Gasteiger partial charge in [0.15, 0.2) is 21.0 Å². The Labute approximate surface area is 142 Å². The van der Waals surface area contributed by atoms with Gasteiger partial charge in [0, 0.05) is 17.6 Å². The fraction of sp³-hybridized carbons (Fsp3) is 0.417. The summed E-state index contributed by atoms with van der Waals surface area (Å²) in [6, 6.07) is -0.445. The van der Waals surface area contributed by atoms with Crippen LogP contribution in [0.3, 0.4) is 0 Å². The van der Waals surface area contributed by atoms with Gasteiger partial charge in [0.2, 0.25) is 0 Å². The van der Waals surface area contributed by atoms with Crippen molar-refractivity contribution in [1.29, 1.82) is 0 Å². The number of hydrogen-bond donors (Lipinski definition) is 1. The minimum absolute atomic E-state index is 0.0538. The van der Waals surface area contributed by atoms with Crippen molar-refractivity contribution in [3.05, 3.63) is 28.9 Å². The maximum absolute atomic E-state index is 12.7. The summed E-state index contributed by atoms with van der Waals surface area (Å²) in [6.45, 7) is 5.65. The molecule has 0 aliphatic rings. The largest absolute Gasteiger partial charge is 0.314 e. The molecule has 0 saturated heterocycles. The number of fused-ring (bicyclic) bond motifs is 1.